The molecule has 0 saturated carbocycles. The molecule has 11 heteroatoms. The minimum atomic E-state index is -1.80. The SMILES string of the molecule is NC(N)=NCCC[C@H](N)C(=O)OC[C@@H](O)[C@@H](O)[C@H](O)[C@H](O)CO. The van der Waals surface area contributed by atoms with Crippen molar-refractivity contribution in [1.82, 2.24) is 0 Å². The number of hydrogen-bond acceptors (Lipinski definition) is 9. The Labute approximate surface area is 133 Å². The zero-order valence-electron chi connectivity index (χ0n) is 12.7. The van der Waals surface area contributed by atoms with Gasteiger partial charge in [-0.3, -0.25) is 9.79 Å². The molecule has 0 radical (unpaired) electrons. The van der Waals surface area contributed by atoms with Gasteiger partial charge < -0.3 is 47.5 Å². The molecule has 0 unspecified atom stereocenters. The van der Waals surface area contributed by atoms with Gasteiger partial charge in [0.2, 0.25) is 0 Å². The van der Waals surface area contributed by atoms with E-state index in [0.29, 0.717) is 13.0 Å². The maximum absolute atomic E-state index is 11.6. The molecule has 0 heterocycles. The van der Waals surface area contributed by atoms with Crippen LogP contribution in [0, 0.1) is 0 Å². The number of nitrogens with zero attached hydrogens (tertiary/aromatic N) is 1. The fraction of sp³-hybridized carbons (Fsp3) is 0.833. The number of ether oxygens (including phenoxy) is 1. The number of hydrogen-bond donors (Lipinski definition) is 8. The first-order valence-corrected chi connectivity index (χ1v) is 7.01. The molecule has 23 heavy (non-hydrogen) atoms. The smallest absolute Gasteiger partial charge is 0.323 e. The summed E-state index contributed by atoms with van der Waals surface area (Å²) in [4.78, 5) is 15.3. The Morgan fingerprint density at radius 1 is 1.09 bits per heavy atom. The van der Waals surface area contributed by atoms with Crippen LogP contribution in [0.2, 0.25) is 0 Å². The number of aliphatic hydroxyl groups excluding tert-OH is 5. The molecule has 0 aliphatic heterocycles. The quantitative estimate of drug-likeness (QED) is 0.0779. The van der Waals surface area contributed by atoms with E-state index in [1.54, 1.807) is 0 Å². The van der Waals surface area contributed by atoms with Gasteiger partial charge in [-0.25, -0.2) is 0 Å². The first-order valence-electron chi connectivity index (χ1n) is 7.01. The highest BCUT2D eigenvalue weighted by molar-refractivity contribution is 5.76. The number of aliphatic imine (C=N–C) groups is 1. The van der Waals surface area contributed by atoms with Gasteiger partial charge in [-0.2, -0.15) is 0 Å². The largest absolute Gasteiger partial charge is 0.462 e. The summed E-state index contributed by atoms with van der Waals surface area (Å²) in [6.07, 6.45) is -6.18. The van der Waals surface area contributed by atoms with Crippen molar-refractivity contribution >= 4 is 11.9 Å². The Hall–Kier alpha value is -1.50. The van der Waals surface area contributed by atoms with Crippen molar-refractivity contribution in [3.8, 4) is 0 Å². The van der Waals surface area contributed by atoms with Crippen molar-refractivity contribution in [3.05, 3.63) is 0 Å². The maximum Gasteiger partial charge on any atom is 0.323 e. The lowest BCUT2D eigenvalue weighted by Crippen LogP contribution is -2.48. The summed E-state index contributed by atoms with van der Waals surface area (Å²) in [6, 6.07) is -0.957. The third-order valence-electron chi connectivity index (χ3n) is 2.99. The fourth-order valence-electron chi connectivity index (χ4n) is 1.57. The van der Waals surface area contributed by atoms with Gasteiger partial charge in [0.15, 0.2) is 5.96 Å². The number of carbonyl (C=O) groups excluding carboxylic acids is 1. The van der Waals surface area contributed by atoms with E-state index in [1.165, 1.54) is 0 Å². The summed E-state index contributed by atoms with van der Waals surface area (Å²) in [5, 5.41) is 46.3. The summed E-state index contributed by atoms with van der Waals surface area (Å²) in [6.45, 7) is -1.13. The standard InChI is InChI=1S/C12H26N4O7/c13-6(2-1-3-16-12(14)15)11(22)23-5-8(19)10(21)9(20)7(18)4-17/h6-10,17-21H,1-5,13H2,(H4,14,15,16)/t6-,7+,8+,9+,10+/m0/s1. The van der Waals surface area contributed by atoms with Gasteiger partial charge in [-0.15, -0.1) is 0 Å². The van der Waals surface area contributed by atoms with Gasteiger partial charge in [-0.1, -0.05) is 0 Å². The first kappa shape index (κ1) is 21.5. The number of aliphatic hydroxyl groups is 5. The molecule has 0 spiro atoms. The van der Waals surface area contributed by atoms with Crippen LogP contribution in [0.3, 0.4) is 0 Å². The predicted molar refractivity (Wildman–Crippen MR) is 80.0 cm³/mol. The monoisotopic (exact) mass is 338 g/mol. The minimum Gasteiger partial charge on any atom is -0.462 e. The van der Waals surface area contributed by atoms with Gasteiger partial charge in [0.1, 0.15) is 37.1 Å². The van der Waals surface area contributed by atoms with E-state index in [0.717, 1.165) is 0 Å². The van der Waals surface area contributed by atoms with Crippen LogP contribution >= 0.6 is 0 Å². The highest BCUT2D eigenvalue weighted by Crippen LogP contribution is 2.06. The minimum absolute atomic E-state index is 0.0677. The molecule has 5 atom stereocenters. The predicted octanol–water partition coefficient (Wildman–Crippen LogP) is -4.65. The molecule has 0 saturated heterocycles. The molecule has 11 N–H and O–H groups in total. The highest BCUT2D eigenvalue weighted by atomic mass is 16.5. The van der Waals surface area contributed by atoms with Gasteiger partial charge in [-0.05, 0) is 12.8 Å². The number of nitrogens with two attached hydrogens (primary N) is 3. The molecule has 0 aromatic heterocycles. The van der Waals surface area contributed by atoms with E-state index in [4.69, 9.17) is 32.2 Å². The number of carbonyl (C=O) groups is 1. The lowest BCUT2D eigenvalue weighted by molar-refractivity contribution is -0.157. The molecule has 136 valence electrons. The molecule has 11 nitrogen and oxygen atoms in total. The molecule has 0 aromatic rings. The zero-order chi connectivity index (χ0) is 18.0. The van der Waals surface area contributed by atoms with E-state index in [2.05, 4.69) is 4.99 Å². The van der Waals surface area contributed by atoms with Crippen LogP contribution in [0.1, 0.15) is 12.8 Å². The maximum atomic E-state index is 11.6. The van der Waals surface area contributed by atoms with Gasteiger partial charge >= 0.3 is 5.97 Å². The number of rotatable bonds is 11. The average molecular weight is 338 g/mol. The van der Waals surface area contributed by atoms with Crippen LogP contribution < -0.4 is 17.2 Å². The van der Waals surface area contributed by atoms with Crippen LogP contribution in [0.5, 0.6) is 0 Å². The van der Waals surface area contributed by atoms with Crippen LogP contribution in [-0.2, 0) is 9.53 Å². The Balaban J connectivity index is 4.13. The van der Waals surface area contributed by atoms with E-state index in [-0.39, 0.29) is 12.4 Å². The second-order valence-electron chi connectivity index (χ2n) is 4.98. The van der Waals surface area contributed by atoms with E-state index < -0.39 is 49.6 Å². The third kappa shape index (κ3) is 8.64. The van der Waals surface area contributed by atoms with E-state index in [1.807, 2.05) is 0 Å². The summed E-state index contributed by atoms with van der Waals surface area (Å²) in [7, 11) is 0. The first-order chi connectivity index (χ1) is 10.7. The van der Waals surface area contributed by atoms with Crippen molar-refractivity contribution in [2.75, 3.05) is 19.8 Å². The average Bonchev–Trinajstić information content (AvgIpc) is 2.53. The second kappa shape index (κ2) is 11.1. The number of guanidine groups is 1. The van der Waals surface area contributed by atoms with Gasteiger partial charge in [0, 0.05) is 6.54 Å². The Morgan fingerprint density at radius 2 is 1.65 bits per heavy atom. The number of esters is 1. The molecular weight excluding hydrogens is 312 g/mol. The summed E-state index contributed by atoms with van der Waals surface area (Å²) in [5.74, 6) is -0.875. The lowest BCUT2D eigenvalue weighted by atomic mass is 10.0. The molecule has 0 bridgehead atoms. The second-order valence-corrected chi connectivity index (χ2v) is 4.98. The van der Waals surface area contributed by atoms with Crippen LogP contribution in [0.4, 0.5) is 0 Å². The molecule has 0 fully saturated rings. The summed E-state index contributed by atoms with van der Waals surface area (Å²) >= 11 is 0. The Morgan fingerprint density at radius 3 is 2.17 bits per heavy atom. The van der Waals surface area contributed by atoms with Crippen LogP contribution in [0.25, 0.3) is 0 Å². The molecule has 0 aliphatic carbocycles. The van der Waals surface area contributed by atoms with Crippen LogP contribution in [0.15, 0.2) is 4.99 Å². The molecule has 0 amide bonds. The van der Waals surface area contributed by atoms with Crippen molar-refractivity contribution in [2.24, 2.45) is 22.2 Å². The van der Waals surface area contributed by atoms with Crippen molar-refractivity contribution in [3.63, 3.8) is 0 Å². The Kier molecular flexibility index (Phi) is 10.4. The fourth-order valence-corrected chi connectivity index (χ4v) is 1.57. The van der Waals surface area contributed by atoms with Gasteiger partial charge in [0.05, 0.1) is 6.61 Å². The van der Waals surface area contributed by atoms with E-state index >= 15 is 0 Å². The normalized spacial score (nSPS) is 17.7. The summed E-state index contributed by atoms with van der Waals surface area (Å²) in [5.41, 5.74) is 15.8. The molecule has 0 rings (SSSR count). The van der Waals surface area contributed by atoms with Crippen molar-refractivity contribution < 1.29 is 35.1 Å². The summed E-state index contributed by atoms with van der Waals surface area (Å²) < 4.78 is 4.71. The van der Waals surface area contributed by atoms with Crippen LogP contribution in [-0.4, -0.2) is 87.7 Å². The zero-order valence-corrected chi connectivity index (χ0v) is 12.7. The third-order valence-corrected chi connectivity index (χ3v) is 2.99. The van der Waals surface area contributed by atoms with Crippen molar-refractivity contribution in [2.45, 2.75) is 43.3 Å². The molecular formula is C12H26N4O7. The van der Waals surface area contributed by atoms with Gasteiger partial charge in [0.25, 0.3) is 0 Å². The van der Waals surface area contributed by atoms with Crippen molar-refractivity contribution in [1.29, 1.82) is 0 Å². The van der Waals surface area contributed by atoms with E-state index in [9.17, 15) is 20.1 Å². The lowest BCUT2D eigenvalue weighted by Gasteiger charge is -2.25. The highest BCUT2D eigenvalue weighted by Gasteiger charge is 2.31. The molecule has 0 aromatic carbocycles. The Bertz CT molecular complexity index is 378. The molecule has 0 aliphatic rings. The topological polar surface area (TPSA) is 218 Å².